The number of alkyl halides is 3. The van der Waals surface area contributed by atoms with Gasteiger partial charge >= 0.3 is 6.18 Å². The van der Waals surface area contributed by atoms with Crippen LogP contribution in [0.3, 0.4) is 0 Å². The van der Waals surface area contributed by atoms with Crippen LogP contribution in [0.1, 0.15) is 52.4 Å². The monoisotopic (exact) mass is 250 g/mol. The van der Waals surface area contributed by atoms with Crippen molar-refractivity contribution in [3.63, 3.8) is 0 Å². The number of Topliss-reactive ketones (excluding diaryl/α,β-unsaturated/α-hetero) is 1. The molecule has 1 aliphatic rings. The fourth-order valence-electron chi connectivity index (χ4n) is 2.68. The van der Waals surface area contributed by atoms with Crippen LogP contribution in [0.15, 0.2) is 0 Å². The maximum atomic E-state index is 12.0. The van der Waals surface area contributed by atoms with Gasteiger partial charge in [0.25, 0.3) is 0 Å². The molecule has 0 spiro atoms. The lowest BCUT2D eigenvalue weighted by atomic mass is 9.75. The van der Waals surface area contributed by atoms with E-state index in [1.54, 1.807) is 0 Å². The Balaban J connectivity index is 2.29. The maximum absolute atomic E-state index is 12.0. The molecular formula is C13H21F3O. The third-order valence-electron chi connectivity index (χ3n) is 3.75. The number of halogens is 3. The lowest BCUT2D eigenvalue weighted by Gasteiger charge is -2.30. The molecule has 0 heterocycles. The standard InChI is InChI=1S/C13H21F3O/c1-9(2)11-5-3-10(4-6-11)7-12(17)8-13(14,15)16/h9-11H,3-8H2,1-2H3. The highest BCUT2D eigenvalue weighted by molar-refractivity contribution is 5.79. The quantitative estimate of drug-likeness (QED) is 0.724. The van der Waals surface area contributed by atoms with Crippen molar-refractivity contribution >= 4 is 5.78 Å². The van der Waals surface area contributed by atoms with Gasteiger partial charge in [0.2, 0.25) is 0 Å². The summed E-state index contributed by atoms with van der Waals surface area (Å²) >= 11 is 0. The van der Waals surface area contributed by atoms with Crippen molar-refractivity contribution < 1.29 is 18.0 Å². The smallest absolute Gasteiger partial charge is 0.299 e. The Morgan fingerprint density at radius 2 is 1.71 bits per heavy atom. The normalized spacial score (nSPS) is 26.2. The molecule has 4 heteroatoms. The molecule has 0 aromatic heterocycles. The molecule has 0 unspecified atom stereocenters. The first-order chi connectivity index (χ1) is 7.78. The summed E-state index contributed by atoms with van der Waals surface area (Å²) in [5, 5.41) is 0. The van der Waals surface area contributed by atoms with Crippen LogP contribution in [0.4, 0.5) is 13.2 Å². The van der Waals surface area contributed by atoms with Crippen molar-refractivity contribution in [1.29, 1.82) is 0 Å². The Bertz CT molecular complexity index is 250. The summed E-state index contributed by atoms with van der Waals surface area (Å²) < 4.78 is 36.0. The highest BCUT2D eigenvalue weighted by atomic mass is 19.4. The number of carbonyl (C=O) groups excluding carboxylic acids is 1. The van der Waals surface area contributed by atoms with Crippen LogP contribution in [-0.2, 0) is 4.79 Å². The second-order valence-corrected chi connectivity index (χ2v) is 5.56. The highest BCUT2D eigenvalue weighted by Gasteiger charge is 2.32. The summed E-state index contributed by atoms with van der Waals surface area (Å²) in [6, 6.07) is 0. The van der Waals surface area contributed by atoms with Gasteiger partial charge in [-0.1, -0.05) is 13.8 Å². The van der Waals surface area contributed by atoms with Crippen LogP contribution in [0.25, 0.3) is 0 Å². The molecule has 1 rings (SSSR count). The van der Waals surface area contributed by atoms with Gasteiger partial charge in [-0.25, -0.2) is 0 Å². The van der Waals surface area contributed by atoms with Gasteiger partial charge < -0.3 is 0 Å². The van der Waals surface area contributed by atoms with Gasteiger partial charge in [0.15, 0.2) is 0 Å². The van der Waals surface area contributed by atoms with E-state index in [1.165, 1.54) is 0 Å². The van der Waals surface area contributed by atoms with Crippen molar-refractivity contribution in [2.45, 2.75) is 58.5 Å². The van der Waals surface area contributed by atoms with Gasteiger partial charge in [-0.15, -0.1) is 0 Å². The minimum atomic E-state index is -4.34. The Morgan fingerprint density at radius 1 is 1.18 bits per heavy atom. The molecule has 0 aromatic carbocycles. The van der Waals surface area contributed by atoms with Crippen molar-refractivity contribution in [2.75, 3.05) is 0 Å². The molecule has 1 nitrogen and oxygen atoms in total. The molecule has 0 radical (unpaired) electrons. The zero-order chi connectivity index (χ0) is 13.1. The molecule has 0 bridgehead atoms. The SMILES string of the molecule is CC(C)C1CCC(CC(=O)CC(F)(F)F)CC1. The van der Waals surface area contributed by atoms with E-state index in [0.29, 0.717) is 11.8 Å². The van der Waals surface area contributed by atoms with E-state index in [4.69, 9.17) is 0 Å². The molecule has 0 aliphatic heterocycles. The second-order valence-electron chi connectivity index (χ2n) is 5.56. The van der Waals surface area contributed by atoms with Crippen LogP contribution in [0, 0.1) is 17.8 Å². The molecule has 0 N–H and O–H groups in total. The third-order valence-corrected chi connectivity index (χ3v) is 3.75. The molecule has 1 saturated carbocycles. The molecule has 0 saturated heterocycles. The largest absolute Gasteiger partial charge is 0.395 e. The molecule has 0 atom stereocenters. The van der Waals surface area contributed by atoms with Crippen molar-refractivity contribution in [3.05, 3.63) is 0 Å². The summed E-state index contributed by atoms with van der Waals surface area (Å²) in [6.07, 6.45) is -1.55. The molecule has 0 amide bonds. The summed E-state index contributed by atoms with van der Waals surface area (Å²) in [4.78, 5) is 11.2. The van der Waals surface area contributed by atoms with Crippen molar-refractivity contribution in [3.8, 4) is 0 Å². The molecule has 17 heavy (non-hydrogen) atoms. The topological polar surface area (TPSA) is 17.1 Å². The molecule has 100 valence electrons. The van der Waals surface area contributed by atoms with Gasteiger partial charge in [-0.2, -0.15) is 13.2 Å². The molecule has 0 aromatic rings. The first-order valence-corrected chi connectivity index (χ1v) is 6.36. The molecule has 1 aliphatic carbocycles. The van der Waals surface area contributed by atoms with Crippen LogP contribution < -0.4 is 0 Å². The van der Waals surface area contributed by atoms with E-state index >= 15 is 0 Å². The van der Waals surface area contributed by atoms with Gasteiger partial charge in [0.1, 0.15) is 12.2 Å². The van der Waals surface area contributed by atoms with E-state index < -0.39 is 18.4 Å². The van der Waals surface area contributed by atoms with Gasteiger partial charge in [-0.05, 0) is 43.4 Å². The zero-order valence-electron chi connectivity index (χ0n) is 10.5. The Labute approximate surface area is 101 Å². The van der Waals surface area contributed by atoms with E-state index in [2.05, 4.69) is 13.8 Å². The average molecular weight is 250 g/mol. The number of carbonyl (C=O) groups is 1. The van der Waals surface area contributed by atoms with Crippen molar-refractivity contribution in [1.82, 2.24) is 0 Å². The predicted octanol–water partition coefficient (Wildman–Crippen LogP) is 4.36. The predicted molar refractivity (Wildman–Crippen MR) is 60.6 cm³/mol. The van der Waals surface area contributed by atoms with Crippen LogP contribution in [0.2, 0.25) is 0 Å². The highest BCUT2D eigenvalue weighted by Crippen LogP contribution is 2.35. The lowest BCUT2D eigenvalue weighted by molar-refractivity contribution is -0.153. The van der Waals surface area contributed by atoms with Gasteiger partial charge in [-0.3, -0.25) is 4.79 Å². The minimum Gasteiger partial charge on any atom is -0.299 e. The molecule has 1 fully saturated rings. The average Bonchev–Trinajstić information content (AvgIpc) is 2.15. The third kappa shape index (κ3) is 5.55. The summed E-state index contributed by atoms with van der Waals surface area (Å²) in [5.41, 5.74) is 0. The minimum absolute atomic E-state index is 0.115. The van der Waals surface area contributed by atoms with E-state index in [9.17, 15) is 18.0 Å². The van der Waals surface area contributed by atoms with Gasteiger partial charge in [0.05, 0.1) is 0 Å². The maximum Gasteiger partial charge on any atom is 0.395 e. The fraction of sp³-hybridized carbons (Fsp3) is 0.923. The first kappa shape index (κ1) is 14.5. The Morgan fingerprint density at radius 3 is 2.12 bits per heavy atom. The van der Waals surface area contributed by atoms with E-state index in [0.717, 1.165) is 25.7 Å². The second kappa shape index (κ2) is 5.87. The zero-order valence-corrected chi connectivity index (χ0v) is 10.5. The van der Waals surface area contributed by atoms with Crippen LogP contribution >= 0.6 is 0 Å². The van der Waals surface area contributed by atoms with E-state index in [1.807, 2.05) is 0 Å². The van der Waals surface area contributed by atoms with Crippen LogP contribution in [0.5, 0.6) is 0 Å². The lowest BCUT2D eigenvalue weighted by Crippen LogP contribution is -2.22. The van der Waals surface area contributed by atoms with E-state index in [-0.39, 0.29) is 12.3 Å². The number of hydrogen-bond acceptors (Lipinski definition) is 1. The summed E-state index contributed by atoms with van der Waals surface area (Å²) in [6.45, 7) is 4.36. The first-order valence-electron chi connectivity index (χ1n) is 6.36. The van der Waals surface area contributed by atoms with Crippen LogP contribution in [-0.4, -0.2) is 12.0 Å². The Kier molecular flexibility index (Phi) is 5.02. The Hall–Kier alpha value is -0.540. The van der Waals surface area contributed by atoms with Gasteiger partial charge in [0, 0.05) is 6.42 Å². The number of hydrogen-bond donors (Lipinski definition) is 0. The summed E-state index contributed by atoms with van der Waals surface area (Å²) in [5.74, 6) is 0.858. The van der Waals surface area contributed by atoms with Crippen molar-refractivity contribution in [2.24, 2.45) is 17.8 Å². The number of rotatable bonds is 4. The molecular weight excluding hydrogens is 229 g/mol. The number of ketones is 1. The summed E-state index contributed by atoms with van der Waals surface area (Å²) in [7, 11) is 0. The fourth-order valence-corrected chi connectivity index (χ4v) is 2.68.